The van der Waals surface area contributed by atoms with Crippen LogP contribution in [-0.2, 0) is 6.42 Å². The quantitative estimate of drug-likeness (QED) is 0.847. The maximum absolute atomic E-state index is 10.4. The molecule has 2 aromatic carbocycles. The molecule has 0 aliphatic rings. The summed E-state index contributed by atoms with van der Waals surface area (Å²) in [5.41, 5.74) is 0.575. The Bertz CT molecular complexity index is 506. The SMILES string of the molecule is CC(C)C(C)(O)Cc1cccc2ccccc12. The molecule has 2 rings (SSSR count). The second-order valence-corrected chi connectivity index (χ2v) is 5.33. The van der Waals surface area contributed by atoms with Crippen molar-refractivity contribution < 1.29 is 5.11 Å². The summed E-state index contributed by atoms with van der Waals surface area (Å²) >= 11 is 0. The molecule has 0 aromatic heterocycles. The summed E-state index contributed by atoms with van der Waals surface area (Å²) in [6, 6.07) is 14.6. The minimum atomic E-state index is -0.649. The molecule has 1 nitrogen and oxygen atoms in total. The predicted molar refractivity (Wildman–Crippen MR) is 73.1 cm³/mol. The zero-order valence-corrected chi connectivity index (χ0v) is 10.8. The normalized spacial score (nSPS) is 15.1. The molecule has 0 saturated heterocycles. The molecule has 0 bridgehead atoms. The van der Waals surface area contributed by atoms with Gasteiger partial charge in [0, 0.05) is 6.42 Å². The van der Waals surface area contributed by atoms with Gasteiger partial charge in [0.05, 0.1) is 5.60 Å². The summed E-state index contributed by atoms with van der Waals surface area (Å²) in [6.07, 6.45) is 0.700. The Labute approximate surface area is 103 Å². The van der Waals surface area contributed by atoms with Gasteiger partial charge in [0.15, 0.2) is 0 Å². The fourth-order valence-corrected chi connectivity index (χ4v) is 2.04. The standard InChI is InChI=1S/C16H20O/c1-12(2)16(3,17)11-14-9-6-8-13-7-4-5-10-15(13)14/h4-10,12,17H,11H2,1-3H3. The molecule has 0 spiro atoms. The lowest BCUT2D eigenvalue weighted by Crippen LogP contribution is -2.33. The van der Waals surface area contributed by atoms with E-state index in [1.807, 2.05) is 13.0 Å². The first-order chi connectivity index (χ1) is 8.00. The van der Waals surface area contributed by atoms with E-state index in [1.54, 1.807) is 0 Å². The van der Waals surface area contributed by atoms with Gasteiger partial charge in [-0.2, -0.15) is 0 Å². The van der Waals surface area contributed by atoms with E-state index in [4.69, 9.17) is 0 Å². The molecule has 90 valence electrons. The Morgan fingerprint density at radius 3 is 2.41 bits per heavy atom. The summed E-state index contributed by atoms with van der Waals surface area (Å²) in [6.45, 7) is 6.04. The first kappa shape index (κ1) is 12.1. The molecule has 17 heavy (non-hydrogen) atoms. The van der Waals surface area contributed by atoms with Gasteiger partial charge in [-0.05, 0) is 29.2 Å². The number of fused-ring (bicyclic) bond motifs is 1. The highest BCUT2D eigenvalue weighted by molar-refractivity contribution is 5.85. The molecule has 1 N–H and O–H groups in total. The molecule has 0 aliphatic carbocycles. The summed E-state index contributed by atoms with van der Waals surface area (Å²) < 4.78 is 0. The molecule has 0 radical (unpaired) electrons. The topological polar surface area (TPSA) is 20.2 Å². The van der Waals surface area contributed by atoms with Crippen LogP contribution < -0.4 is 0 Å². The van der Waals surface area contributed by atoms with Gasteiger partial charge in [0.1, 0.15) is 0 Å². The maximum atomic E-state index is 10.4. The lowest BCUT2D eigenvalue weighted by Gasteiger charge is -2.28. The second-order valence-electron chi connectivity index (χ2n) is 5.33. The minimum Gasteiger partial charge on any atom is -0.390 e. The van der Waals surface area contributed by atoms with Crippen LogP contribution >= 0.6 is 0 Å². The van der Waals surface area contributed by atoms with Crippen molar-refractivity contribution in [2.24, 2.45) is 5.92 Å². The monoisotopic (exact) mass is 228 g/mol. The Hall–Kier alpha value is -1.34. The van der Waals surface area contributed by atoms with Gasteiger partial charge in [0.2, 0.25) is 0 Å². The van der Waals surface area contributed by atoms with Crippen LogP contribution in [0.25, 0.3) is 10.8 Å². The number of benzene rings is 2. The number of aliphatic hydroxyl groups is 1. The summed E-state index contributed by atoms with van der Waals surface area (Å²) in [5, 5.41) is 12.9. The molecule has 0 heterocycles. The number of hydrogen-bond donors (Lipinski definition) is 1. The molecule has 0 amide bonds. The molecule has 2 aromatic rings. The highest BCUT2D eigenvalue weighted by Gasteiger charge is 2.25. The van der Waals surface area contributed by atoms with E-state index in [2.05, 4.69) is 50.2 Å². The minimum absolute atomic E-state index is 0.251. The van der Waals surface area contributed by atoms with Crippen LogP contribution in [0.1, 0.15) is 26.3 Å². The van der Waals surface area contributed by atoms with Crippen molar-refractivity contribution in [1.82, 2.24) is 0 Å². The maximum Gasteiger partial charge on any atom is 0.0682 e. The number of rotatable bonds is 3. The van der Waals surface area contributed by atoms with Crippen molar-refractivity contribution in [3.63, 3.8) is 0 Å². The van der Waals surface area contributed by atoms with E-state index in [9.17, 15) is 5.11 Å². The van der Waals surface area contributed by atoms with E-state index in [-0.39, 0.29) is 5.92 Å². The lowest BCUT2D eigenvalue weighted by molar-refractivity contribution is 0.0142. The Kier molecular flexibility index (Phi) is 3.21. The lowest BCUT2D eigenvalue weighted by atomic mass is 9.85. The van der Waals surface area contributed by atoms with Gasteiger partial charge in [-0.25, -0.2) is 0 Å². The molecular weight excluding hydrogens is 208 g/mol. The molecule has 0 aliphatic heterocycles. The number of hydrogen-bond acceptors (Lipinski definition) is 1. The third kappa shape index (κ3) is 2.50. The van der Waals surface area contributed by atoms with Crippen molar-refractivity contribution in [1.29, 1.82) is 0 Å². The summed E-state index contributed by atoms with van der Waals surface area (Å²) in [4.78, 5) is 0. The van der Waals surface area contributed by atoms with Crippen molar-refractivity contribution in [2.75, 3.05) is 0 Å². The van der Waals surface area contributed by atoms with Crippen LogP contribution in [0.15, 0.2) is 42.5 Å². The second kappa shape index (κ2) is 4.50. The zero-order valence-electron chi connectivity index (χ0n) is 10.8. The van der Waals surface area contributed by atoms with Crippen molar-refractivity contribution in [2.45, 2.75) is 32.8 Å². The summed E-state index contributed by atoms with van der Waals surface area (Å²) in [5.74, 6) is 0.251. The van der Waals surface area contributed by atoms with Gasteiger partial charge in [-0.1, -0.05) is 56.3 Å². The average molecular weight is 228 g/mol. The highest BCUT2D eigenvalue weighted by Crippen LogP contribution is 2.26. The van der Waals surface area contributed by atoms with E-state index < -0.39 is 5.60 Å². The van der Waals surface area contributed by atoms with Crippen LogP contribution in [0.2, 0.25) is 0 Å². The van der Waals surface area contributed by atoms with Crippen LogP contribution in [0.4, 0.5) is 0 Å². The van der Waals surface area contributed by atoms with Crippen LogP contribution in [0.3, 0.4) is 0 Å². The van der Waals surface area contributed by atoms with E-state index in [1.165, 1.54) is 16.3 Å². The Morgan fingerprint density at radius 1 is 1.06 bits per heavy atom. The predicted octanol–water partition coefficient (Wildman–Crippen LogP) is 3.79. The van der Waals surface area contributed by atoms with E-state index in [0.717, 1.165) is 0 Å². The molecule has 1 atom stereocenters. The molecule has 1 unspecified atom stereocenters. The van der Waals surface area contributed by atoms with Crippen LogP contribution in [0, 0.1) is 5.92 Å². The smallest absolute Gasteiger partial charge is 0.0682 e. The van der Waals surface area contributed by atoms with E-state index in [0.29, 0.717) is 6.42 Å². The average Bonchev–Trinajstić information content (AvgIpc) is 2.29. The fraction of sp³-hybridized carbons (Fsp3) is 0.375. The first-order valence-corrected chi connectivity index (χ1v) is 6.20. The molecule has 0 fully saturated rings. The van der Waals surface area contributed by atoms with Gasteiger partial charge in [-0.15, -0.1) is 0 Å². The molecule has 1 heteroatoms. The molecule has 0 saturated carbocycles. The Morgan fingerprint density at radius 2 is 1.71 bits per heavy atom. The van der Waals surface area contributed by atoms with Gasteiger partial charge < -0.3 is 5.11 Å². The van der Waals surface area contributed by atoms with Crippen molar-refractivity contribution in [3.05, 3.63) is 48.0 Å². The van der Waals surface area contributed by atoms with E-state index >= 15 is 0 Å². The van der Waals surface area contributed by atoms with Crippen LogP contribution in [0.5, 0.6) is 0 Å². The highest BCUT2D eigenvalue weighted by atomic mass is 16.3. The van der Waals surface area contributed by atoms with Crippen molar-refractivity contribution in [3.8, 4) is 0 Å². The van der Waals surface area contributed by atoms with Gasteiger partial charge in [-0.3, -0.25) is 0 Å². The summed E-state index contributed by atoms with van der Waals surface area (Å²) in [7, 11) is 0. The van der Waals surface area contributed by atoms with Gasteiger partial charge >= 0.3 is 0 Å². The van der Waals surface area contributed by atoms with Crippen LogP contribution in [-0.4, -0.2) is 10.7 Å². The van der Waals surface area contributed by atoms with Gasteiger partial charge in [0.25, 0.3) is 0 Å². The fourth-order valence-electron chi connectivity index (χ4n) is 2.04. The largest absolute Gasteiger partial charge is 0.390 e. The van der Waals surface area contributed by atoms with Crippen molar-refractivity contribution >= 4 is 10.8 Å². The third-order valence-corrected chi connectivity index (χ3v) is 3.67. The first-order valence-electron chi connectivity index (χ1n) is 6.20. The third-order valence-electron chi connectivity index (χ3n) is 3.67. The Balaban J connectivity index is 2.43. The zero-order chi connectivity index (χ0) is 12.5. The molecular formula is C16H20O.